The molecule has 1 N–H and O–H groups in total. The van der Waals surface area contributed by atoms with Crippen molar-refractivity contribution in [1.29, 1.82) is 0 Å². The summed E-state index contributed by atoms with van der Waals surface area (Å²) in [6.07, 6.45) is 0. The summed E-state index contributed by atoms with van der Waals surface area (Å²) in [6.45, 7) is 3.60. The lowest BCUT2D eigenvalue weighted by molar-refractivity contribution is 0.630. The lowest BCUT2D eigenvalue weighted by Crippen LogP contribution is -2.12. The highest BCUT2D eigenvalue weighted by atomic mass is 19.1. The largest absolute Gasteiger partial charge is 0.345 e. The Balaban J connectivity index is 2.66. The minimum Gasteiger partial charge on any atom is -0.310 e. The van der Waals surface area contributed by atoms with Crippen LogP contribution in [-0.2, 0) is 0 Å². The van der Waals surface area contributed by atoms with E-state index in [1.165, 1.54) is 6.07 Å². The highest BCUT2D eigenvalue weighted by molar-refractivity contribution is 5.60. The molecule has 2 aromatic rings. The molecule has 2 rings (SSSR count). The van der Waals surface area contributed by atoms with Gasteiger partial charge >= 0.3 is 5.69 Å². The van der Waals surface area contributed by atoms with Gasteiger partial charge < -0.3 is 4.98 Å². The molecular formula is C12H11FN2O. The van der Waals surface area contributed by atoms with Crippen LogP contribution >= 0.6 is 0 Å². The van der Waals surface area contributed by atoms with Crippen molar-refractivity contribution >= 4 is 0 Å². The number of aromatic amines is 1. The van der Waals surface area contributed by atoms with Crippen LogP contribution in [0.1, 0.15) is 11.3 Å². The molecule has 0 radical (unpaired) electrons. The van der Waals surface area contributed by atoms with Gasteiger partial charge in [-0.3, -0.25) is 0 Å². The van der Waals surface area contributed by atoms with Gasteiger partial charge in [-0.15, -0.1) is 0 Å². The smallest absolute Gasteiger partial charge is 0.310 e. The Labute approximate surface area is 92.0 Å². The van der Waals surface area contributed by atoms with Crippen molar-refractivity contribution in [3.05, 3.63) is 51.8 Å². The molecule has 82 valence electrons. The van der Waals surface area contributed by atoms with E-state index >= 15 is 0 Å². The quantitative estimate of drug-likeness (QED) is 0.797. The van der Waals surface area contributed by atoms with E-state index < -0.39 is 5.69 Å². The first-order chi connectivity index (χ1) is 7.56. The van der Waals surface area contributed by atoms with Crippen molar-refractivity contribution in [3.63, 3.8) is 0 Å². The van der Waals surface area contributed by atoms with Gasteiger partial charge in [0.2, 0.25) is 0 Å². The Morgan fingerprint density at radius 1 is 1.25 bits per heavy atom. The minimum atomic E-state index is -0.462. The van der Waals surface area contributed by atoms with Crippen molar-refractivity contribution in [3.8, 4) is 11.3 Å². The number of rotatable bonds is 1. The fraction of sp³-hybridized carbons (Fsp3) is 0.167. The fourth-order valence-corrected chi connectivity index (χ4v) is 1.55. The van der Waals surface area contributed by atoms with Gasteiger partial charge in [-0.2, -0.15) is 4.98 Å². The fourth-order valence-electron chi connectivity index (χ4n) is 1.55. The van der Waals surface area contributed by atoms with Gasteiger partial charge in [0, 0.05) is 11.3 Å². The number of aromatic nitrogens is 2. The molecule has 1 aromatic heterocycles. The highest BCUT2D eigenvalue weighted by Crippen LogP contribution is 2.21. The van der Waals surface area contributed by atoms with Crippen molar-refractivity contribution in [2.75, 3.05) is 0 Å². The van der Waals surface area contributed by atoms with Crippen molar-refractivity contribution in [1.82, 2.24) is 9.97 Å². The van der Waals surface area contributed by atoms with Crippen LogP contribution in [0.15, 0.2) is 29.1 Å². The molecule has 0 aliphatic rings. The average molecular weight is 218 g/mol. The second kappa shape index (κ2) is 3.89. The maximum atomic E-state index is 13.6. The normalized spacial score (nSPS) is 10.4. The molecule has 0 bridgehead atoms. The van der Waals surface area contributed by atoms with Crippen LogP contribution < -0.4 is 5.69 Å². The summed E-state index contributed by atoms with van der Waals surface area (Å²) in [7, 11) is 0. The second-order valence-electron chi connectivity index (χ2n) is 3.74. The first kappa shape index (κ1) is 10.5. The molecule has 0 aliphatic heterocycles. The molecule has 4 heteroatoms. The molecule has 16 heavy (non-hydrogen) atoms. The molecular weight excluding hydrogens is 207 g/mol. The molecule has 0 aliphatic carbocycles. The van der Waals surface area contributed by atoms with E-state index in [9.17, 15) is 9.18 Å². The lowest BCUT2D eigenvalue weighted by Gasteiger charge is -2.04. The van der Waals surface area contributed by atoms with Gasteiger partial charge in [0.15, 0.2) is 0 Å². The summed E-state index contributed by atoms with van der Waals surface area (Å²) in [4.78, 5) is 17.5. The van der Waals surface area contributed by atoms with E-state index in [1.54, 1.807) is 25.1 Å². The Morgan fingerprint density at radius 2 is 2.00 bits per heavy atom. The zero-order chi connectivity index (χ0) is 11.7. The number of H-pyrrole nitrogens is 1. The summed E-state index contributed by atoms with van der Waals surface area (Å²) in [6, 6.07) is 6.39. The van der Waals surface area contributed by atoms with Crippen LogP contribution in [0.4, 0.5) is 4.39 Å². The number of nitrogens with one attached hydrogen (secondary N) is 1. The Kier molecular flexibility index (Phi) is 2.56. The number of aryl methyl sites for hydroxylation is 2. The van der Waals surface area contributed by atoms with Gasteiger partial charge in [0.05, 0.1) is 5.69 Å². The molecule has 0 fully saturated rings. The third kappa shape index (κ3) is 2.00. The molecule has 0 atom stereocenters. The van der Waals surface area contributed by atoms with Crippen LogP contribution in [-0.4, -0.2) is 9.97 Å². The molecule has 1 aromatic carbocycles. The van der Waals surface area contributed by atoms with Crippen LogP contribution in [0.5, 0.6) is 0 Å². The van der Waals surface area contributed by atoms with Crippen molar-refractivity contribution in [2.24, 2.45) is 0 Å². The molecule has 0 saturated carbocycles. The number of hydrogen-bond donors (Lipinski definition) is 1. The predicted molar refractivity (Wildman–Crippen MR) is 59.7 cm³/mol. The first-order valence-corrected chi connectivity index (χ1v) is 4.91. The monoisotopic (exact) mass is 218 g/mol. The van der Waals surface area contributed by atoms with Crippen LogP contribution in [0.2, 0.25) is 0 Å². The van der Waals surface area contributed by atoms with E-state index in [1.807, 2.05) is 6.92 Å². The van der Waals surface area contributed by atoms with E-state index in [2.05, 4.69) is 9.97 Å². The second-order valence-corrected chi connectivity index (χ2v) is 3.74. The van der Waals surface area contributed by atoms with Crippen LogP contribution in [0, 0.1) is 19.7 Å². The third-order valence-corrected chi connectivity index (χ3v) is 2.28. The standard InChI is InChI=1S/C12H11FN2O/c1-7-3-4-10(13)9(5-7)11-6-8(2)14-12(16)15-11/h3-6H,1-2H3,(H,14,15,16). The van der Waals surface area contributed by atoms with E-state index in [-0.39, 0.29) is 5.82 Å². The Hall–Kier alpha value is -1.97. The zero-order valence-corrected chi connectivity index (χ0v) is 9.04. The Bertz CT molecular complexity index is 590. The zero-order valence-electron chi connectivity index (χ0n) is 9.04. The number of nitrogens with zero attached hydrogens (tertiary/aromatic N) is 1. The van der Waals surface area contributed by atoms with Gasteiger partial charge in [0.1, 0.15) is 5.82 Å². The predicted octanol–water partition coefficient (Wildman–Crippen LogP) is 2.19. The van der Waals surface area contributed by atoms with E-state index in [0.29, 0.717) is 17.0 Å². The van der Waals surface area contributed by atoms with E-state index in [0.717, 1.165) is 5.56 Å². The van der Waals surface area contributed by atoms with Crippen LogP contribution in [0.3, 0.4) is 0 Å². The average Bonchev–Trinajstić information content (AvgIpc) is 2.20. The maximum absolute atomic E-state index is 13.6. The number of benzene rings is 1. The molecule has 3 nitrogen and oxygen atoms in total. The van der Waals surface area contributed by atoms with E-state index in [4.69, 9.17) is 0 Å². The molecule has 0 spiro atoms. The topological polar surface area (TPSA) is 45.8 Å². The number of halogens is 1. The third-order valence-electron chi connectivity index (χ3n) is 2.28. The summed E-state index contributed by atoms with van der Waals surface area (Å²) in [5.74, 6) is -0.372. The first-order valence-electron chi connectivity index (χ1n) is 4.91. The highest BCUT2D eigenvalue weighted by Gasteiger charge is 2.07. The summed E-state index contributed by atoms with van der Waals surface area (Å²) in [5, 5.41) is 0. The van der Waals surface area contributed by atoms with Gasteiger partial charge in [-0.1, -0.05) is 11.6 Å². The lowest BCUT2D eigenvalue weighted by atomic mass is 10.1. The molecule has 0 saturated heterocycles. The summed E-state index contributed by atoms with van der Waals surface area (Å²) in [5.41, 5.74) is 1.85. The molecule has 1 heterocycles. The SMILES string of the molecule is Cc1ccc(F)c(-c2cc(C)[nH]c(=O)n2)c1. The van der Waals surface area contributed by atoms with Gasteiger partial charge in [-0.05, 0) is 32.0 Å². The minimum absolute atomic E-state index is 0.356. The van der Waals surface area contributed by atoms with Gasteiger partial charge in [-0.25, -0.2) is 9.18 Å². The van der Waals surface area contributed by atoms with Crippen molar-refractivity contribution in [2.45, 2.75) is 13.8 Å². The number of hydrogen-bond acceptors (Lipinski definition) is 2. The summed E-state index contributed by atoms with van der Waals surface area (Å²) >= 11 is 0. The maximum Gasteiger partial charge on any atom is 0.345 e. The van der Waals surface area contributed by atoms with Gasteiger partial charge in [0.25, 0.3) is 0 Å². The Morgan fingerprint density at radius 3 is 2.69 bits per heavy atom. The van der Waals surface area contributed by atoms with Crippen molar-refractivity contribution < 1.29 is 4.39 Å². The molecule has 0 amide bonds. The summed E-state index contributed by atoms with van der Waals surface area (Å²) < 4.78 is 13.6. The van der Waals surface area contributed by atoms with Crippen LogP contribution in [0.25, 0.3) is 11.3 Å². The molecule has 0 unspecified atom stereocenters.